The highest BCUT2D eigenvalue weighted by Gasteiger charge is 2.30. The van der Waals surface area contributed by atoms with E-state index >= 15 is 0 Å². The van der Waals surface area contributed by atoms with E-state index in [1.54, 1.807) is 13.0 Å². The van der Waals surface area contributed by atoms with Gasteiger partial charge in [0.25, 0.3) is 0 Å². The van der Waals surface area contributed by atoms with E-state index in [-0.39, 0.29) is 5.91 Å². The Labute approximate surface area is 174 Å². The van der Waals surface area contributed by atoms with E-state index in [4.69, 9.17) is 0 Å². The zero-order valence-corrected chi connectivity index (χ0v) is 18.7. The van der Waals surface area contributed by atoms with Crippen LogP contribution >= 0.6 is 0 Å². The molecule has 0 aliphatic rings. The number of rotatable bonds is 9. The van der Waals surface area contributed by atoms with Crippen molar-refractivity contribution in [2.75, 3.05) is 35.6 Å². The molecule has 2 aromatic rings. The number of hydrogen-bond acceptors (Lipinski definition) is 4. The SMILES string of the molecule is Cc1ccc(C)c(N([C@@H](C)C(=O)NCCCN(C)c2ccccc2)S(C)(=O)=O)c1. The minimum absolute atomic E-state index is 0.307. The van der Waals surface area contributed by atoms with Crippen molar-refractivity contribution in [1.82, 2.24) is 5.32 Å². The predicted molar refractivity (Wildman–Crippen MR) is 120 cm³/mol. The average Bonchev–Trinajstić information content (AvgIpc) is 2.67. The third kappa shape index (κ3) is 6.22. The van der Waals surface area contributed by atoms with Crippen molar-refractivity contribution in [3.05, 3.63) is 59.7 Å². The van der Waals surface area contributed by atoms with Gasteiger partial charge in [0.1, 0.15) is 6.04 Å². The molecular formula is C22H31N3O3S. The highest BCUT2D eigenvalue weighted by Crippen LogP contribution is 2.26. The van der Waals surface area contributed by atoms with Crippen LogP contribution in [0, 0.1) is 13.8 Å². The lowest BCUT2D eigenvalue weighted by atomic mass is 10.1. The summed E-state index contributed by atoms with van der Waals surface area (Å²) >= 11 is 0. The minimum Gasteiger partial charge on any atom is -0.375 e. The van der Waals surface area contributed by atoms with Gasteiger partial charge in [-0.3, -0.25) is 9.10 Å². The second-order valence-corrected chi connectivity index (χ2v) is 9.29. The van der Waals surface area contributed by atoms with Crippen molar-refractivity contribution in [1.29, 1.82) is 0 Å². The Hall–Kier alpha value is -2.54. The first-order valence-corrected chi connectivity index (χ1v) is 11.6. The van der Waals surface area contributed by atoms with E-state index in [1.165, 1.54) is 4.31 Å². The molecule has 6 nitrogen and oxygen atoms in total. The van der Waals surface area contributed by atoms with Crippen LogP contribution in [0.2, 0.25) is 0 Å². The first-order valence-electron chi connectivity index (χ1n) is 9.72. The summed E-state index contributed by atoms with van der Waals surface area (Å²) in [6.45, 7) is 6.62. The van der Waals surface area contributed by atoms with E-state index in [1.807, 2.05) is 63.4 Å². The average molecular weight is 418 g/mol. The molecule has 1 amide bonds. The Morgan fingerprint density at radius 3 is 2.38 bits per heavy atom. The van der Waals surface area contributed by atoms with E-state index in [0.717, 1.165) is 36.0 Å². The minimum atomic E-state index is -3.62. The van der Waals surface area contributed by atoms with Gasteiger partial charge >= 0.3 is 0 Å². The van der Waals surface area contributed by atoms with Crippen molar-refractivity contribution in [3.8, 4) is 0 Å². The van der Waals surface area contributed by atoms with E-state index < -0.39 is 16.1 Å². The monoisotopic (exact) mass is 417 g/mol. The van der Waals surface area contributed by atoms with Gasteiger partial charge in [0, 0.05) is 25.8 Å². The molecule has 2 rings (SSSR count). The lowest BCUT2D eigenvalue weighted by Crippen LogP contribution is -2.48. The summed E-state index contributed by atoms with van der Waals surface area (Å²) in [6, 6.07) is 14.8. The van der Waals surface area contributed by atoms with Crippen LogP contribution < -0.4 is 14.5 Å². The van der Waals surface area contributed by atoms with Gasteiger partial charge in [-0.2, -0.15) is 0 Å². The molecule has 1 N–H and O–H groups in total. The molecule has 0 spiro atoms. The van der Waals surface area contributed by atoms with Crippen LogP contribution in [-0.2, 0) is 14.8 Å². The van der Waals surface area contributed by atoms with Crippen LogP contribution in [0.4, 0.5) is 11.4 Å². The number of aryl methyl sites for hydroxylation is 2. The maximum Gasteiger partial charge on any atom is 0.243 e. The lowest BCUT2D eigenvalue weighted by Gasteiger charge is -2.30. The maximum absolute atomic E-state index is 12.7. The topological polar surface area (TPSA) is 69.7 Å². The Bertz CT molecular complexity index is 930. The Kier molecular flexibility index (Phi) is 7.67. The summed E-state index contributed by atoms with van der Waals surface area (Å²) in [7, 11) is -1.61. The molecule has 29 heavy (non-hydrogen) atoms. The Balaban J connectivity index is 2.00. The van der Waals surface area contributed by atoms with Gasteiger partial charge in [-0.1, -0.05) is 30.3 Å². The molecule has 0 heterocycles. The largest absolute Gasteiger partial charge is 0.375 e. The van der Waals surface area contributed by atoms with E-state index in [2.05, 4.69) is 10.2 Å². The molecule has 7 heteroatoms. The fourth-order valence-corrected chi connectivity index (χ4v) is 4.45. The second kappa shape index (κ2) is 9.78. The molecule has 2 aromatic carbocycles. The highest BCUT2D eigenvalue weighted by molar-refractivity contribution is 7.92. The molecule has 1 atom stereocenters. The van der Waals surface area contributed by atoms with Gasteiger partial charge in [-0.15, -0.1) is 0 Å². The van der Waals surface area contributed by atoms with Crippen molar-refractivity contribution >= 4 is 27.3 Å². The third-order valence-corrected chi connectivity index (χ3v) is 6.08. The van der Waals surface area contributed by atoms with E-state index in [0.29, 0.717) is 12.2 Å². The summed E-state index contributed by atoms with van der Waals surface area (Å²) in [5.41, 5.74) is 3.41. The normalized spacial score (nSPS) is 12.3. The van der Waals surface area contributed by atoms with Crippen molar-refractivity contribution in [2.24, 2.45) is 0 Å². The quantitative estimate of drug-likeness (QED) is 0.637. The molecule has 0 bridgehead atoms. The van der Waals surface area contributed by atoms with Gasteiger partial charge in [0.05, 0.1) is 11.9 Å². The van der Waals surface area contributed by atoms with Gasteiger partial charge in [-0.25, -0.2) is 8.42 Å². The number of benzene rings is 2. The second-order valence-electron chi connectivity index (χ2n) is 7.43. The maximum atomic E-state index is 12.7. The van der Waals surface area contributed by atoms with Crippen LogP contribution in [0.1, 0.15) is 24.5 Å². The molecule has 0 unspecified atom stereocenters. The number of anilines is 2. The summed E-state index contributed by atoms with van der Waals surface area (Å²) in [4.78, 5) is 14.8. The number of nitrogens with zero attached hydrogens (tertiary/aromatic N) is 2. The standard InChI is InChI=1S/C22H31N3O3S/c1-17-12-13-18(2)21(16-17)25(29(5,27)28)19(3)22(26)23-14-9-15-24(4)20-10-7-6-8-11-20/h6-8,10-13,16,19H,9,14-15H2,1-5H3,(H,23,26)/t19-/m0/s1. The zero-order valence-electron chi connectivity index (χ0n) is 17.8. The van der Waals surface area contributed by atoms with Crippen molar-refractivity contribution in [2.45, 2.75) is 33.2 Å². The molecular weight excluding hydrogens is 386 g/mol. The van der Waals surface area contributed by atoms with Gasteiger partial charge in [0.2, 0.25) is 15.9 Å². The molecule has 0 saturated carbocycles. The summed E-state index contributed by atoms with van der Waals surface area (Å²) in [5, 5.41) is 2.87. The predicted octanol–water partition coefficient (Wildman–Crippen LogP) is 3.10. The first kappa shape index (κ1) is 22.7. The molecule has 0 radical (unpaired) electrons. The van der Waals surface area contributed by atoms with Crippen LogP contribution in [0.5, 0.6) is 0 Å². The van der Waals surface area contributed by atoms with Crippen molar-refractivity contribution in [3.63, 3.8) is 0 Å². The molecule has 0 saturated heterocycles. The van der Waals surface area contributed by atoms with Crippen LogP contribution in [0.3, 0.4) is 0 Å². The lowest BCUT2D eigenvalue weighted by molar-refractivity contribution is -0.121. The van der Waals surface area contributed by atoms with Crippen molar-refractivity contribution < 1.29 is 13.2 Å². The number of nitrogens with one attached hydrogen (secondary N) is 1. The number of carbonyl (C=O) groups is 1. The fourth-order valence-electron chi connectivity index (χ4n) is 3.22. The fraction of sp³-hybridized carbons (Fsp3) is 0.409. The Morgan fingerprint density at radius 2 is 1.76 bits per heavy atom. The van der Waals surface area contributed by atoms with Gasteiger partial charge in [-0.05, 0) is 56.5 Å². The van der Waals surface area contributed by atoms with Crippen LogP contribution in [0.25, 0.3) is 0 Å². The molecule has 158 valence electrons. The van der Waals surface area contributed by atoms with Gasteiger partial charge in [0.15, 0.2) is 0 Å². The first-order chi connectivity index (χ1) is 13.6. The zero-order chi connectivity index (χ0) is 21.6. The van der Waals surface area contributed by atoms with Gasteiger partial charge < -0.3 is 10.2 Å². The highest BCUT2D eigenvalue weighted by atomic mass is 32.2. The Morgan fingerprint density at radius 1 is 1.10 bits per heavy atom. The molecule has 0 aliphatic heterocycles. The number of carbonyl (C=O) groups excluding carboxylic acids is 1. The summed E-state index contributed by atoms with van der Waals surface area (Å²) in [5.74, 6) is -0.307. The number of amides is 1. The third-order valence-electron chi connectivity index (χ3n) is 4.86. The summed E-state index contributed by atoms with van der Waals surface area (Å²) < 4.78 is 26.1. The smallest absolute Gasteiger partial charge is 0.243 e. The van der Waals surface area contributed by atoms with E-state index in [9.17, 15) is 13.2 Å². The molecule has 0 aliphatic carbocycles. The number of sulfonamides is 1. The van der Waals surface area contributed by atoms with Crippen LogP contribution in [-0.4, -0.2) is 46.8 Å². The number of para-hydroxylation sites is 1. The molecule has 0 aromatic heterocycles. The summed E-state index contributed by atoms with van der Waals surface area (Å²) in [6.07, 6.45) is 1.89. The number of hydrogen-bond donors (Lipinski definition) is 1. The van der Waals surface area contributed by atoms with Crippen LogP contribution in [0.15, 0.2) is 48.5 Å². The molecule has 0 fully saturated rings.